The van der Waals surface area contributed by atoms with Crippen LogP contribution >= 0.6 is 0 Å². The lowest BCUT2D eigenvalue weighted by Gasteiger charge is -2.24. The molecule has 10 heteroatoms. The van der Waals surface area contributed by atoms with E-state index in [2.05, 4.69) is 58.5 Å². The third-order valence-corrected chi connectivity index (χ3v) is 7.32. The second-order valence-corrected chi connectivity index (χ2v) is 10.4. The largest absolute Gasteiger partial charge is 0.356 e. The third kappa shape index (κ3) is 4.59. The fourth-order valence-electron chi connectivity index (χ4n) is 5.33. The molecule has 1 saturated heterocycles. The zero-order valence-electron chi connectivity index (χ0n) is 22.4. The number of nitrogens with zero attached hydrogens (tertiary/aromatic N) is 5. The Morgan fingerprint density at radius 3 is 2.32 bits per heavy atom. The van der Waals surface area contributed by atoms with Gasteiger partial charge in [-0.25, -0.2) is 9.78 Å². The standard InChI is InChI=1S/C28H35N7O3/c1-5-11-33-26-23(27(37)34(12-6-2)28(33)38)31-25(32-26)21-15-30-35(16-21)24(20-13-22(36)29-14-20)19-9-7-18(8-10-19)17(3)4/h7-10,15-17,20,24H,5-6,11-14H2,1-4H3,(H,29,36)(H,31,32). The molecule has 0 aliphatic carbocycles. The molecule has 1 aromatic carbocycles. The Morgan fingerprint density at radius 2 is 1.68 bits per heavy atom. The van der Waals surface area contributed by atoms with Crippen LogP contribution in [0, 0.1) is 5.92 Å². The van der Waals surface area contributed by atoms with Crippen LogP contribution < -0.4 is 16.6 Å². The Hall–Kier alpha value is -3.95. The van der Waals surface area contributed by atoms with Crippen LogP contribution in [-0.2, 0) is 17.9 Å². The third-order valence-electron chi connectivity index (χ3n) is 7.32. The Balaban J connectivity index is 1.58. The second kappa shape index (κ2) is 10.4. The summed E-state index contributed by atoms with van der Waals surface area (Å²) in [4.78, 5) is 46.1. The number of aryl methyl sites for hydroxylation is 1. The number of amides is 1. The molecule has 5 rings (SSSR count). The van der Waals surface area contributed by atoms with E-state index in [1.54, 1.807) is 10.8 Å². The number of hydrogen-bond donors (Lipinski definition) is 2. The molecule has 2 atom stereocenters. The summed E-state index contributed by atoms with van der Waals surface area (Å²) in [6, 6.07) is 8.36. The van der Waals surface area contributed by atoms with Gasteiger partial charge in [0.15, 0.2) is 5.65 Å². The van der Waals surface area contributed by atoms with Crippen molar-refractivity contribution in [1.29, 1.82) is 0 Å². The number of imidazole rings is 1. The molecule has 1 aliphatic rings. The van der Waals surface area contributed by atoms with Gasteiger partial charge >= 0.3 is 5.69 Å². The smallest absolute Gasteiger partial charge is 0.332 e. The summed E-state index contributed by atoms with van der Waals surface area (Å²) in [6.07, 6.45) is 5.46. The maximum absolute atomic E-state index is 13.1. The quantitative estimate of drug-likeness (QED) is 0.353. The molecule has 2 unspecified atom stereocenters. The van der Waals surface area contributed by atoms with Crippen molar-refractivity contribution in [3.8, 4) is 11.4 Å². The first-order valence-electron chi connectivity index (χ1n) is 13.5. The van der Waals surface area contributed by atoms with Crippen molar-refractivity contribution in [2.45, 2.75) is 72.0 Å². The van der Waals surface area contributed by atoms with Gasteiger partial charge in [-0.15, -0.1) is 0 Å². The lowest BCUT2D eigenvalue weighted by Crippen LogP contribution is -2.40. The van der Waals surface area contributed by atoms with E-state index in [9.17, 15) is 14.4 Å². The van der Waals surface area contributed by atoms with Gasteiger partial charge in [-0.2, -0.15) is 5.10 Å². The van der Waals surface area contributed by atoms with Crippen molar-refractivity contribution >= 4 is 17.1 Å². The highest BCUT2D eigenvalue weighted by Crippen LogP contribution is 2.33. The van der Waals surface area contributed by atoms with E-state index in [1.165, 1.54) is 10.1 Å². The van der Waals surface area contributed by atoms with Crippen LogP contribution in [0.5, 0.6) is 0 Å². The first-order valence-corrected chi connectivity index (χ1v) is 13.5. The van der Waals surface area contributed by atoms with Crippen molar-refractivity contribution in [2.24, 2.45) is 5.92 Å². The molecule has 38 heavy (non-hydrogen) atoms. The lowest BCUT2D eigenvalue weighted by molar-refractivity contribution is -0.119. The second-order valence-electron chi connectivity index (χ2n) is 10.4. The number of carbonyl (C=O) groups is 1. The fourth-order valence-corrected chi connectivity index (χ4v) is 5.33. The molecule has 1 amide bonds. The number of H-pyrrole nitrogens is 1. The predicted octanol–water partition coefficient (Wildman–Crippen LogP) is 3.42. The van der Waals surface area contributed by atoms with Gasteiger partial charge in [0.2, 0.25) is 5.91 Å². The number of nitrogens with one attached hydrogen (secondary N) is 2. The van der Waals surface area contributed by atoms with Gasteiger partial charge in [0.05, 0.1) is 17.8 Å². The lowest BCUT2D eigenvalue weighted by atomic mass is 9.90. The van der Waals surface area contributed by atoms with Gasteiger partial charge in [0.25, 0.3) is 5.56 Å². The average Bonchev–Trinajstić information content (AvgIpc) is 3.65. The molecule has 3 aromatic heterocycles. The Kier molecular flexibility index (Phi) is 7.05. The van der Waals surface area contributed by atoms with Crippen LogP contribution in [0.3, 0.4) is 0 Å². The van der Waals surface area contributed by atoms with E-state index in [4.69, 9.17) is 0 Å². The molecule has 1 aliphatic heterocycles. The van der Waals surface area contributed by atoms with Gasteiger partial charge in [0.1, 0.15) is 11.3 Å². The molecule has 0 spiro atoms. The number of carbonyl (C=O) groups excluding carboxylic acids is 1. The van der Waals surface area contributed by atoms with Crippen molar-refractivity contribution in [2.75, 3.05) is 6.54 Å². The zero-order valence-corrected chi connectivity index (χ0v) is 22.4. The summed E-state index contributed by atoms with van der Waals surface area (Å²) >= 11 is 0. The van der Waals surface area contributed by atoms with Crippen LogP contribution in [0.1, 0.15) is 70.0 Å². The Morgan fingerprint density at radius 1 is 1.00 bits per heavy atom. The van der Waals surface area contributed by atoms with Crippen LogP contribution in [-0.4, -0.2) is 41.3 Å². The normalized spacial score (nSPS) is 16.4. The van der Waals surface area contributed by atoms with Gasteiger partial charge in [-0.3, -0.25) is 23.4 Å². The number of aromatic amines is 1. The minimum absolute atomic E-state index is 0.0423. The number of aromatic nitrogens is 6. The zero-order chi connectivity index (χ0) is 27.0. The molecule has 0 bridgehead atoms. The summed E-state index contributed by atoms with van der Waals surface area (Å²) in [5.41, 5.74) is 3.04. The topological polar surface area (TPSA) is 120 Å². The molecule has 4 aromatic rings. The van der Waals surface area contributed by atoms with Gasteiger partial charge in [-0.05, 0) is 29.9 Å². The molecule has 2 N–H and O–H groups in total. The summed E-state index contributed by atoms with van der Waals surface area (Å²) in [5, 5.41) is 7.63. The summed E-state index contributed by atoms with van der Waals surface area (Å²) in [7, 11) is 0. The van der Waals surface area contributed by atoms with Crippen molar-refractivity contribution in [1.82, 2.24) is 34.2 Å². The average molecular weight is 518 g/mol. The van der Waals surface area contributed by atoms with E-state index in [0.29, 0.717) is 60.9 Å². The first-order chi connectivity index (χ1) is 18.3. The van der Waals surface area contributed by atoms with E-state index in [1.807, 2.05) is 24.7 Å². The molecular weight excluding hydrogens is 482 g/mol. The summed E-state index contributed by atoms with van der Waals surface area (Å²) < 4.78 is 4.74. The molecule has 4 heterocycles. The SMILES string of the molecule is CCCn1c(=O)c2[nH]c(-c3cnn(C(c4ccc(C(C)C)cc4)C4CNC(=O)C4)c3)nc2n(CCC)c1=O. The van der Waals surface area contributed by atoms with Gasteiger partial charge < -0.3 is 10.3 Å². The van der Waals surface area contributed by atoms with E-state index in [0.717, 1.165) is 12.0 Å². The molecule has 1 fully saturated rings. The van der Waals surface area contributed by atoms with Crippen molar-refractivity contribution in [3.63, 3.8) is 0 Å². The molecule has 0 radical (unpaired) electrons. The van der Waals surface area contributed by atoms with Crippen LogP contribution in [0.25, 0.3) is 22.6 Å². The van der Waals surface area contributed by atoms with E-state index >= 15 is 0 Å². The van der Waals surface area contributed by atoms with Crippen molar-refractivity contribution in [3.05, 3.63) is 68.6 Å². The number of fused-ring (bicyclic) bond motifs is 1. The number of hydrogen-bond acceptors (Lipinski definition) is 5. The van der Waals surface area contributed by atoms with Gasteiger partial charge in [0, 0.05) is 38.2 Å². The maximum Gasteiger partial charge on any atom is 0.332 e. The molecule has 10 nitrogen and oxygen atoms in total. The monoisotopic (exact) mass is 517 g/mol. The first kappa shape index (κ1) is 25.7. The molecule has 0 saturated carbocycles. The highest BCUT2D eigenvalue weighted by atomic mass is 16.2. The highest BCUT2D eigenvalue weighted by Gasteiger charge is 2.32. The fraction of sp³-hybridized carbons (Fsp3) is 0.464. The van der Waals surface area contributed by atoms with Crippen LogP contribution in [0.2, 0.25) is 0 Å². The number of rotatable bonds is 9. The Labute approximate surface area is 220 Å². The van der Waals surface area contributed by atoms with Gasteiger partial charge in [-0.1, -0.05) is 52.0 Å². The Bertz CT molecular complexity index is 1570. The van der Waals surface area contributed by atoms with Crippen LogP contribution in [0.15, 0.2) is 46.2 Å². The minimum Gasteiger partial charge on any atom is -0.356 e. The van der Waals surface area contributed by atoms with E-state index in [-0.39, 0.29) is 29.1 Å². The number of benzene rings is 1. The molecular formula is C28H35N7O3. The minimum atomic E-state index is -0.357. The summed E-state index contributed by atoms with van der Waals surface area (Å²) in [6.45, 7) is 9.66. The highest BCUT2D eigenvalue weighted by molar-refractivity contribution is 5.78. The maximum atomic E-state index is 13.1. The van der Waals surface area contributed by atoms with Crippen LogP contribution in [0.4, 0.5) is 0 Å². The van der Waals surface area contributed by atoms with Crippen molar-refractivity contribution < 1.29 is 4.79 Å². The predicted molar refractivity (Wildman–Crippen MR) is 146 cm³/mol. The van der Waals surface area contributed by atoms with E-state index < -0.39 is 0 Å². The molecule has 200 valence electrons. The summed E-state index contributed by atoms with van der Waals surface area (Å²) in [5.74, 6) is 0.998.